The molecule has 0 atom stereocenters. The Morgan fingerprint density at radius 1 is 1.17 bits per heavy atom. The first-order chi connectivity index (χ1) is 11.2. The molecule has 0 saturated carbocycles. The van der Waals surface area contributed by atoms with Crippen molar-refractivity contribution in [3.8, 4) is 11.5 Å². The molecular formula is C17H26ClN3O3. The molecule has 2 aliphatic heterocycles. The molecule has 2 fully saturated rings. The van der Waals surface area contributed by atoms with E-state index in [2.05, 4.69) is 10.2 Å². The molecule has 0 bridgehead atoms. The van der Waals surface area contributed by atoms with Crippen LogP contribution < -0.4 is 14.8 Å². The van der Waals surface area contributed by atoms with Gasteiger partial charge in [0, 0.05) is 51.4 Å². The van der Waals surface area contributed by atoms with Gasteiger partial charge in [0.2, 0.25) is 5.91 Å². The highest BCUT2D eigenvalue weighted by Gasteiger charge is 2.31. The third-order valence-electron chi connectivity index (χ3n) is 4.70. The fraction of sp³-hybridized carbons (Fsp3) is 0.588. The summed E-state index contributed by atoms with van der Waals surface area (Å²) in [6.07, 6.45) is 0. The molecule has 0 radical (unpaired) electrons. The summed E-state index contributed by atoms with van der Waals surface area (Å²) in [5.41, 5.74) is 1.12. The number of carbonyl (C=O) groups is 1. The first-order valence-electron chi connectivity index (χ1n) is 8.14. The third kappa shape index (κ3) is 4.12. The second-order valence-electron chi connectivity index (χ2n) is 6.13. The van der Waals surface area contributed by atoms with E-state index in [-0.39, 0.29) is 18.3 Å². The van der Waals surface area contributed by atoms with E-state index in [9.17, 15) is 4.79 Å². The minimum Gasteiger partial charge on any atom is -0.497 e. The molecule has 1 aromatic rings. The Morgan fingerprint density at radius 3 is 2.42 bits per heavy atom. The van der Waals surface area contributed by atoms with Crippen LogP contribution in [0.25, 0.3) is 0 Å². The fourth-order valence-corrected chi connectivity index (χ4v) is 3.09. The van der Waals surface area contributed by atoms with Crippen molar-refractivity contribution in [1.82, 2.24) is 15.1 Å². The van der Waals surface area contributed by atoms with Gasteiger partial charge >= 0.3 is 0 Å². The third-order valence-corrected chi connectivity index (χ3v) is 4.70. The number of piperazine rings is 1. The van der Waals surface area contributed by atoms with Gasteiger partial charge in [-0.05, 0) is 18.2 Å². The summed E-state index contributed by atoms with van der Waals surface area (Å²) in [4.78, 5) is 16.6. The number of hydrogen-bond donors (Lipinski definition) is 1. The maximum absolute atomic E-state index is 12.3. The Balaban J connectivity index is 0.00000208. The Labute approximate surface area is 149 Å². The Morgan fingerprint density at radius 2 is 1.88 bits per heavy atom. The lowest BCUT2D eigenvalue weighted by Crippen LogP contribution is -2.56. The predicted octanol–water partition coefficient (Wildman–Crippen LogP) is 0.989. The van der Waals surface area contributed by atoms with Crippen LogP contribution in [0.1, 0.15) is 5.56 Å². The van der Waals surface area contributed by atoms with Crippen molar-refractivity contribution < 1.29 is 14.3 Å². The van der Waals surface area contributed by atoms with Crippen LogP contribution in [0.2, 0.25) is 0 Å². The molecule has 0 aliphatic carbocycles. The highest BCUT2D eigenvalue weighted by molar-refractivity contribution is 5.85. The van der Waals surface area contributed by atoms with Crippen LogP contribution in [0.4, 0.5) is 0 Å². The summed E-state index contributed by atoms with van der Waals surface area (Å²) in [5.74, 6) is 2.22. The van der Waals surface area contributed by atoms with E-state index in [1.165, 1.54) is 0 Å². The van der Waals surface area contributed by atoms with Gasteiger partial charge < -0.3 is 19.7 Å². The van der Waals surface area contributed by atoms with Crippen LogP contribution in [-0.2, 0) is 11.3 Å². The summed E-state index contributed by atoms with van der Waals surface area (Å²) in [6.45, 7) is 5.88. The van der Waals surface area contributed by atoms with Crippen molar-refractivity contribution in [3.05, 3.63) is 23.8 Å². The van der Waals surface area contributed by atoms with Crippen LogP contribution >= 0.6 is 12.4 Å². The molecule has 0 spiro atoms. The molecular weight excluding hydrogens is 330 g/mol. The molecule has 7 heteroatoms. The number of hydrogen-bond acceptors (Lipinski definition) is 5. The van der Waals surface area contributed by atoms with E-state index in [1.54, 1.807) is 14.2 Å². The summed E-state index contributed by atoms with van der Waals surface area (Å²) >= 11 is 0. The van der Waals surface area contributed by atoms with Crippen LogP contribution in [-0.4, -0.2) is 69.2 Å². The van der Waals surface area contributed by atoms with Gasteiger partial charge in [0.05, 0.1) is 20.1 Å². The predicted molar refractivity (Wildman–Crippen MR) is 95.0 cm³/mol. The van der Waals surface area contributed by atoms with E-state index in [0.29, 0.717) is 5.91 Å². The molecule has 1 amide bonds. The highest BCUT2D eigenvalue weighted by atomic mass is 35.5. The van der Waals surface area contributed by atoms with Crippen LogP contribution in [0.15, 0.2) is 18.2 Å². The first kappa shape index (κ1) is 18.8. The topological polar surface area (TPSA) is 54.0 Å². The molecule has 0 unspecified atom stereocenters. The number of ether oxygens (including phenoxy) is 2. The molecule has 6 nitrogen and oxygen atoms in total. The van der Waals surface area contributed by atoms with Crippen LogP contribution in [0, 0.1) is 5.92 Å². The monoisotopic (exact) mass is 355 g/mol. The number of rotatable bonds is 5. The van der Waals surface area contributed by atoms with Crippen LogP contribution in [0.5, 0.6) is 11.5 Å². The molecule has 2 heterocycles. The largest absolute Gasteiger partial charge is 0.497 e. The van der Waals surface area contributed by atoms with Crippen LogP contribution in [0.3, 0.4) is 0 Å². The summed E-state index contributed by atoms with van der Waals surface area (Å²) in [5, 5.41) is 3.16. The van der Waals surface area contributed by atoms with Crippen molar-refractivity contribution in [1.29, 1.82) is 0 Å². The number of carbonyl (C=O) groups excluding carboxylic acids is 1. The number of nitrogens with zero attached hydrogens (tertiary/aromatic N) is 2. The van der Waals surface area contributed by atoms with E-state index < -0.39 is 0 Å². The van der Waals surface area contributed by atoms with Gasteiger partial charge in [-0.25, -0.2) is 0 Å². The molecule has 2 saturated heterocycles. The second-order valence-corrected chi connectivity index (χ2v) is 6.13. The number of nitrogens with one attached hydrogen (secondary N) is 1. The van der Waals surface area contributed by atoms with Gasteiger partial charge in [0.15, 0.2) is 0 Å². The lowest BCUT2D eigenvalue weighted by molar-refractivity contribution is -0.138. The van der Waals surface area contributed by atoms with Crippen molar-refractivity contribution in [2.75, 3.05) is 53.5 Å². The summed E-state index contributed by atoms with van der Waals surface area (Å²) in [7, 11) is 3.36. The molecule has 0 aromatic heterocycles. The standard InChI is InChI=1S/C17H25N3O3.ClH/c1-22-15-3-4-16(23-2)13(9-15)12-19-5-7-20(8-6-19)17(21)14-10-18-11-14;/h3-4,9,14,18H,5-8,10-12H2,1-2H3;1H. The normalized spacial score (nSPS) is 18.5. The number of methoxy groups -OCH3 is 2. The van der Waals surface area contributed by atoms with Gasteiger partial charge in [0.1, 0.15) is 11.5 Å². The van der Waals surface area contributed by atoms with E-state index >= 15 is 0 Å². The Hall–Kier alpha value is -1.50. The second kappa shape index (κ2) is 8.55. The fourth-order valence-electron chi connectivity index (χ4n) is 3.09. The average molecular weight is 356 g/mol. The van der Waals surface area contributed by atoms with Crippen molar-refractivity contribution >= 4 is 18.3 Å². The van der Waals surface area contributed by atoms with Gasteiger partial charge in [-0.3, -0.25) is 9.69 Å². The summed E-state index contributed by atoms with van der Waals surface area (Å²) < 4.78 is 10.7. The summed E-state index contributed by atoms with van der Waals surface area (Å²) in [6, 6.07) is 5.87. The molecule has 1 N–H and O–H groups in total. The average Bonchev–Trinajstić information content (AvgIpc) is 2.53. The van der Waals surface area contributed by atoms with Gasteiger partial charge in [-0.15, -0.1) is 12.4 Å². The first-order valence-corrected chi connectivity index (χ1v) is 8.14. The number of benzene rings is 1. The number of halogens is 1. The quantitative estimate of drug-likeness (QED) is 0.853. The Kier molecular flexibility index (Phi) is 6.71. The molecule has 3 rings (SSSR count). The lowest BCUT2D eigenvalue weighted by atomic mass is 10.0. The van der Waals surface area contributed by atoms with Gasteiger partial charge in [-0.1, -0.05) is 0 Å². The zero-order valence-corrected chi connectivity index (χ0v) is 15.1. The maximum Gasteiger partial charge on any atom is 0.228 e. The smallest absolute Gasteiger partial charge is 0.228 e. The molecule has 134 valence electrons. The number of amides is 1. The zero-order chi connectivity index (χ0) is 16.2. The lowest BCUT2D eigenvalue weighted by Gasteiger charge is -2.38. The van der Waals surface area contributed by atoms with Crippen molar-refractivity contribution in [2.24, 2.45) is 5.92 Å². The van der Waals surface area contributed by atoms with Crippen molar-refractivity contribution in [3.63, 3.8) is 0 Å². The van der Waals surface area contributed by atoms with Crippen molar-refractivity contribution in [2.45, 2.75) is 6.54 Å². The van der Waals surface area contributed by atoms with Gasteiger partial charge in [0.25, 0.3) is 0 Å². The minimum absolute atomic E-state index is 0. The SMILES string of the molecule is COc1ccc(OC)c(CN2CCN(C(=O)C3CNC3)CC2)c1.Cl. The molecule has 1 aromatic carbocycles. The zero-order valence-electron chi connectivity index (χ0n) is 14.3. The molecule has 24 heavy (non-hydrogen) atoms. The maximum atomic E-state index is 12.3. The minimum atomic E-state index is 0. The Bertz CT molecular complexity index is 558. The molecule has 2 aliphatic rings. The van der Waals surface area contributed by atoms with Gasteiger partial charge in [-0.2, -0.15) is 0 Å². The van der Waals surface area contributed by atoms with E-state index in [1.807, 2.05) is 23.1 Å². The highest BCUT2D eigenvalue weighted by Crippen LogP contribution is 2.25. The van der Waals surface area contributed by atoms with E-state index in [4.69, 9.17) is 9.47 Å². The van der Waals surface area contributed by atoms with E-state index in [0.717, 1.165) is 62.9 Å².